The van der Waals surface area contributed by atoms with Crippen LogP contribution in [0.15, 0.2) is 47.4 Å². The summed E-state index contributed by atoms with van der Waals surface area (Å²) in [5.41, 5.74) is 3.39. The second-order valence-electron chi connectivity index (χ2n) is 13.0. The minimum Gasteiger partial charge on any atom is -0.462 e. The molecular formula is C31H44F2N5O11P. The van der Waals surface area contributed by atoms with Crippen molar-refractivity contribution in [1.82, 2.24) is 20.0 Å². The van der Waals surface area contributed by atoms with E-state index < -0.39 is 92.1 Å². The summed E-state index contributed by atoms with van der Waals surface area (Å²) >= 11 is 0. The maximum atomic E-state index is 16.2. The molecule has 19 heteroatoms. The van der Waals surface area contributed by atoms with Gasteiger partial charge in [0.25, 0.3) is 0 Å². The number of benzene rings is 1. The highest BCUT2D eigenvalue weighted by Crippen LogP contribution is 2.49. The van der Waals surface area contributed by atoms with Crippen molar-refractivity contribution < 1.29 is 55.7 Å². The highest BCUT2D eigenvalue weighted by molar-refractivity contribution is 7.52. The Morgan fingerprint density at radius 3 is 2.28 bits per heavy atom. The van der Waals surface area contributed by atoms with Gasteiger partial charge in [0.1, 0.15) is 35.4 Å². The Kier molecular flexibility index (Phi) is 13.1. The van der Waals surface area contributed by atoms with Gasteiger partial charge in [-0.2, -0.15) is 18.9 Å². The van der Waals surface area contributed by atoms with E-state index in [2.05, 4.69) is 15.4 Å². The molecule has 0 spiro atoms. The number of nitrogens with one attached hydrogen (secondary N) is 2. The van der Waals surface area contributed by atoms with E-state index in [0.29, 0.717) is 4.57 Å². The van der Waals surface area contributed by atoms with Crippen LogP contribution in [0.2, 0.25) is 0 Å². The number of aromatic nitrogens is 2. The summed E-state index contributed by atoms with van der Waals surface area (Å²) in [5.74, 6) is -7.15. The molecule has 1 aromatic heterocycles. The standard InChI is InChI=1S/C31H44F2N5O11P/c1-17(2)23(36-29(42)48-30(6,7)8)26(40)47-24-21(46-27(31(24,32)33)38-15-14-22(34)35-28(38)41)16-44-50(43,49-20-12-10-9-11-13-20)37-19(5)25(39)45-18(3)4/h9-15,17-19,21,23-24,27H,16H2,1-8H3,(H,36,42)(H,37,43)(H2,34,35,41)/t19-,21+,23-,24+,27+,50+/m0/s1. The van der Waals surface area contributed by atoms with Crippen molar-refractivity contribution in [1.29, 1.82) is 0 Å². The highest BCUT2D eigenvalue weighted by atomic mass is 31.2. The van der Waals surface area contributed by atoms with Crippen molar-refractivity contribution >= 4 is 31.6 Å². The third kappa shape index (κ3) is 10.9. The van der Waals surface area contributed by atoms with Crippen molar-refractivity contribution in [3.05, 3.63) is 53.1 Å². The van der Waals surface area contributed by atoms with Crippen LogP contribution < -0.4 is 26.4 Å². The third-order valence-corrected chi connectivity index (χ3v) is 8.37. The molecule has 1 aliphatic heterocycles. The summed E-state index contributed by atoms with van der Waals surface area (Å²) in [7, 11) is -4.62. The van der Waals surface area contributed by atoms with E-state index in [0.717, 1.165) is 12.3 Å². The molecule has 0 saturated carbocycles. The Morgan fingerprint density at radius 1 is 1.08 bits per heavy atom. The summed E-state index contributed by atoms with van der Waals surface area (Å²) in [6, 6.07) is 5.97. The van der Waals surface area contributed by atoms with E-state index in [-0.39, 0.29) is 11.6 Å². The lowest BCUT2D eigenvalue weighted by atomic mass is 10.0. The van der Waals surface area contributed by atoms with Gasteiger partial charge in [0, 0.05) is 6.20 Å². The number of alkyl halides is 2. The van der Waals surface area contributed by atoms with Gasteiger partial charge in [-0.15, -0.1) is 0 Å². The second kappa shape index (κ2) is 16.3. The fraction of sp³-hybridized carbons (Fsp3) is 0.581. The Balaban J connectivity index is 1.97. The first-order valence-electron chi connectivity index (χ1n) is 15.7. The molecule has 1 aliphatic rings. The van der Waals surface area contributed by atoms with E-state index in [1.807, 2.05) is 0 Å². The van der Waals surface area contributed by atoms with Gasteiger partial charge in [-0.05, 0) is 65.7 Å². The zero-order valence-corrected chi connectivity index (χ0v) is 29.9. The van der Waals surface area contributed by atoms with Crippen LogP contribution in [-0.4, -0.2) is 76.1 Å². The van der Waals surface area contributed by atoms with Crippen molar-refractivity contribution in [3.63, 3.8) is 0 Å². The normalized spacial score (nSPS) is 21.2. The van der Waals surface area contributed by atoms with Gasteiger partial charge >= 0.3 is 37.4 Å². The predicted octanol–water partition coefficient (Wildman–Crippen LogP) is 3.95. The van der Waals surface area contributed by atoms with Gasteiger partial charge in [0.15, 0.2) is 6.10 Å². The number of nitrogen functional groups attached to an aromatic ring is 1. The maximum absolute atomic E-state index is 16.2. The Bertz CT molecular complexity index is 1600. The number of alkyl carbamates (subject to hydrolysis) is 1. The molecule has 16 nitrogen and oxygen atoms in total. The van der Waals surface area contributed by atoms with Gasteiger partial charge in [-0.25, -0.2) is 18.9 Å². The number of carbonyl (C=O) groups excluding carboxylic acids is 3. The molecule has 2 aromatic rings. The van der Waals surface area contributed by atoms with Crippen LogP contribution in [0.25, 0.3) is 0 Å². The molecule has 50 heavy (non-hydrogen) atoms. The fourth-order valence-corrected chi connectivity index (χ4v) is 5.99. The van der Waals surface area contributed by atoms with E-state index in [1.54, 1.807) is 52.8 Å². The number of nitrogens with two attached hydrogens (primary N) is 1. The minimum absolute atomic E-state index is 0.0266. The molecule has 4 N–H and O–H groups in total. The quantitative estimate of drug-likeness (QED) is 0.143. The summed E-state index contributed by atoms with van der Waals surface area (Å²) in [5, 5.41) is 4.75. The summed E-state index contributed by atoms with van der Waals surface area (Å²) in [6.45, 7) is 11.4. The minimum atomic E-state index is -4.62. The zero-order chi connectivity index (χ0) is 37.6. The first kappa shape index (κ1) is 40.3. The lowest BCUT2D eigenvalue weighted by molar-refractivity contribution is -0.179. The number of hydrogen-bond donors (Lipinski definition) is 3. The first-order valence-corrected chi connectivity index (χ1v) is 17.2. The van der Waals surface area contributed by atoms with E-state index >= 15 is 8.78 Å². The van der Waals surface area contributed by atoms with Gasteiger partial charge in [0.05, 0.1) is 12.7 Å². The highest BCUT2D eigenvalue weighted by Gasteiger charge is 2.63. The smallest absolute Gasteiger partial charge is 0.459 e. The largest absolute Gasteiger partial charge is 0.462 e. The summed E-state index contributed by atoms with van der Waals surface area (Å²) in [6.07, 6.45) is -7.42. The Labute approximate surface area is 287 Å². The predicted molar refractivity (Wildman–Crippen MR) is 174 cm³/mol. The molecule has 1 fully saturated rings. The van der Waals surface area contributed by atoms with Crippen LogP contribution in [0.3, 0.4) is 0 Å². The topological polar surface area (TPSA) is 209 Å². The molecule has 0 bridgehead atoms. The second-order valence-corrected chi connectivity index (χ2v) is 14.7. The van der Waals surface area contributed by atoms with Crippen LogP contribution in [0.5, 0.6) is 5.75 Å². The van der Waals surface area contributed by atoms with Crippen molar-refractivity contribution in [2.45, 2.75) is 104 Å². The number of para-hydroxylation sites is 1. The fourth-order valence-electron chi connectivity index (χ4n) is 4.49. The molecule has 0 radical (unpaired) electrons. The average molecular weight is 732 g/mol. The van der Waals surface area contributed by atoms with Crippen LogP contribution in [0.4, 0.5) is 19.4 Å². The zero-order valence-electron chi connectivity index (χ0n) is 29.0. The maximum Gasteiger partial charge on any atom is 0.459 e. The lowest BCUT2D eigenvalue weighted by Gasteiger charge is -2.29. The van der Waals surface area contributed by atoms with Crippen molar-refractivity contribution in [3.8, 4) is 5.75 Å². The molecule has 1 amide bonds. The van der Waals surface area contributed by atoms with E-state index in [4.69, 9.17) is 33.7 Å². The van der Waals surface area contributed by atoms with Gasteiger partial charge in [-0.1, -0.05) is 32.0 Å². The number of esters is 2. The SMILES string of the molecule is CC(C)OC(=O)[C@H](C)N[P@@](=O)(OC[C@H]1O[C@@H](n2ccc(N)nc2=O)C(F)(F)[C@@H]1OC(=O)[C@@H](NC(=O)OC(C)(C)C)C(C)C)Oc1ccccc1. The number of anilines is 1. The number of carbonyl (C=O) groups is 3. The number of amides is 1. The van der Waals surface area contributed by atoms with Crippen molar-refractivity contribution in [2.75, 3.05) is 12.3 Å². The van der Waals surface area contributed by atoms with E-state index in [1.165, 1.54) is 32.9 Å². The Morgan fingerprint density at radius 2 is 1.72 bits per heavy atom. The number of rotatable bonds is 14. The molecule has 1 aromatic carbocycles. The van der Waals surface area contributed by atoms with Crippen LogP contribution in [0.1, 0.15) is 61.6 Å². The summed E-state index contributed by atoms with van der Waals surface area (Å²) < 4.78 is 79.3. The third-order valence-electron chi connectivity index (χ3n) is 6.72. The molecule has 6 atom stereocenters. The van der Waals surface area contributed by atoms with Crippen LogP contribution in [-0.2, 0) is 37.6 Å². The molecule has 2 heterocycles. The molecular weight excluding hydrogens is 687 g/mol. The number of halogens is 2. The molecule has 278 valence electrons. The molecule has 1 saturated heterocycles. The van der Waals surface area contributed by atoms with Gasteiger partial charge < -0.3 is 34.5 Å². The molecule has 3 rings (SSSR count). The molecule has 0 aliphatic carbocycles. The van der Waals surface area contributed by atoms with Gasteiger partial charge in [-0.3, -0.25) is 13.9 Å². The first-order chi connectivity index (χ1) is 23.1. The van der Waals surface area contributed by atoms with E-state index in [9.17, 15) is 23.7 Å². The molecule has 0 unspecified atom stereocenters. The lowest BCUT2D eigenvalue weighted by Crippen LogP contribution is -2.51. The summed E-state index contributed by atoms with van der Waals surface area (Å²) in [4.78, 5) is 54.5. The van der Waals surface area contributed by atoms with Crippen molar-refractivity contribution in [2.24, 2.45) is 5.92 Å². The number of ether oxygens (including phenoxy) is 4. The number of hydrogen-bond acceptors (Lipinski definition) is 13. The van der Waals surface area contributed by atoms with Crippen LogP contribution in [0, 0.1) is 5.92 Å². The Hall–Kier alpha value is -4.12. The average Bonchev–Trinajstić information content (AvgIpc) is 3.22. The monoisotopic (exact) mass is 731 g/mol. The van der Waals surface area contributed by atoms with Crippen LogP contribution >= 0.6 is 7.75 Å². The number of nitrogens with zero attached hydrogens (tertiary/aromatic N) is 2. The van der Waals surface area contributed by atoms with Gasteiger partial charge in [0.2, 0.25) is 6.23 Å².